The molecule has 160 valence electrons. The minimum atomic E-state index is 0.267. The molecule has 0 spiro atoms. The average molecular weight is 399 g/mol. The van der Waals surface area contributed by atoms with Crippen molar-refractivity contribution in [3.8, 4) is 6.07 Å². The molecule has 3 heterocycles. The van der Waals surface area contributed by atoms with Gasteiger partial charge < -0.3 is 19.6 Å². The first-order valence-corrected chi connectivity index (χ1v) is 11.6. The van der Waals surface area contributed by atoms with Crippen LogP contribution < -0.4 is 0 Å². The topological polar surface area (TPSA) is 41.1 Å². The Hall–Kier alpha value is -1.76. The van der Waals surface area contributed by atoms with Gasteiger partial charge >= 0.3 is 5.70 Å². The molecule has 1 unspecified atom stereocenters. The van der Waals surface area contributed by atoms with Crippen molar-refractivity contribution in [3.63, 3.8) is 0 Å². The van der Waals surface area contributed by atoms with Gasteiger partial charge in [0.25, 0.3) is 0 Å². The molecule has 0 aromatic rings. The molecule has 29 heavy (non-hydrogen) atoms. The second-order valence-corrected chi connectivity index (χ2v) is 9.13. The van der Waals surface area contributed by atoms with Gasteiger partial charge in [-0.25, -0.2) is 10.1 Å². The number of nitriles is 1. The van der Waals surface area contributed by atoms with Crippen LogP contribution in [0.4, 0.5) is 0 Å². The highest BCUT2D eigenvalue weighted by Crippen LogP contribution is 2.24. The summed E-state index contributed by atoms with van der Waals surface area (Å²) in [5.74, 6) is 1.76. The van der Waals surface area contributed by atoms with Gasteiger partial charge in [0.15, 0.2) is 0 Å². The third-order valence-corrected chi connectivity index (χ3v) is 7.01. The van der Waals surface area contributed by atoms with Crippen molar-refractivity contribution in [2.75, 3.05) is 58.9 Å². The summed E-state index contributed by atoms with van der Waals surface area (Å²) in [6.45, 7) is 21.8. The van der Waals surface area contributed by atoms with Crippen molar-refractivity contribution < 1.29 is 0 Å². The monoisotopic (exact) mass is 398 g/mol. The van der Waals surface area contributed by atoms with Crippen LogP contribution in [-0.2, 0) is 0 Å². The van der Waals surface area contributed by atoms with Crippen LogP contribution in [-0.4, -0.2) is 84.5 Å². The number of allylic oxidation sites excluding steroid dienone is 1. The van der Waals surface area contributed by atoms with Gasteiger partial charge in [-0.05, 0) is 77.5 Å². The summed E-state index contributed by atoms with van der Waals surface area (Å²) in [6.07, 6.45) is 7.46. The third-order valence-electron chi connectivity index (χ3n) is 7.01. The quantitative estimate of drug-likeness (QED) is 0.464. The molecule has 0 radical (unpaired) electrons. The van der Waals surface area contributed by atoms with Crippen molar-refractivity contribution in [1.29, 1.82) is 5.26 Å². The van der Waals surface area contributed by atoms with Gasteiger partial charge in [0.1, 0.15) is 5.82 Å². The number of piperidine rings is 1. The summed E-state index contributed by atoms with van der Waals surface area (Å²) in [7, 11) is 0. The van der Waals surface area contributed by atoms with Gasteiger partial charge in [0.2, 0.25) is 0 Å². The molecule has 0 aromatic carbocycles. The maximum absolute atomic E-state index is 9.52. The van der Waals surface area contributed by atoms with Crippen LogP contribution in [0.1, 0.15) is 52.4 Å². The molecule has 0 N–H and O–H groups in total. The summed E-state index contributed by atoms with van der Waals surface area (Å²) in [5.41, 5.74) is 0.267. The Labute approximate surface area is 177 Å². The highest BCUT2D eigenvalue weighted by atomic mass is 15.4. The molecule has 3 aliphatic rings. The lowest BCUT2D eigenvalue weighted by Crippen LogP contribution is -2.35. The first-order valence-electron chi connectivity index (χ1n) is 11.6. The zero-order chi connectivity index (χ0) is 20.6. The molecule has 3 aliphatic heterocycles. The Morgan fingerprint density at radius 3 is 2.17 bits per heavy atom. The average Bonchev–Trinajstić information content (AvgIpc) is 3.31. The minimum Gasteiger partial charge on any atom is -0.365 e. The van der Waals surface area contributed by atoms with E-state index in [1.807, 2.05) is 0 Å². The first kappa shape index (κ1) is 21.9. The normalized spacial score (nSPS) is 26.0. The van der Waals surface area contributed by atoms with E-state index in [1.54, 1.807) is 0 Å². The molecule has 6 heteroatoms. The van der Waals surface area contributed by atoms with Crippen molar-refractivity contribution in [2.45, 2.75) is 58.4 Å². The molecule has 1 atom stereocenters. The second-order valence-electron chi connectivity index (χ2n) is 9.13. The molecule has 3 rings (SSSR count). The van der Waals surface area contributed by atoms with E-state index in [0.717, 1.165) is 63.8 Å². The van der Waals surface area contributed by atoms with Crippen LogP contribution in [0.5, 0.6) is 0 Å². The Balaban J connectivity index is 1.50. The molecule has 0 saturated carbocycles. The molecule has 3 fully saturated rings. The fourth-order valence-electron chi connectivity index (χ4n) is 5.07. The van der Waals surface area contributed by atoms with E-state index in [1.165, 1.54) is 45.3 Å². The molecule has 0 bridgehead atoms. The van der Waals surface area contributed by atoms with Crippen LogP contribution in [0.2, 0.25) is 0 Å². The number of hydrogen-bond acceptors (Lipinski definition) is 5. The van der Waals surface area contributed by atoms with Gasteiger partial charge in [0.05, 0.1) is 12.6 Å². The first-order chi connectivity index (χ1) is 14.1. The third kappa shape index (κ3) is 5.87. The predicted molar refractivity (Wildman–Crippen MR) is 117 cm³/mol. The van der Waals surface area contributed by atoms with Crippen molar-refractivity contribution in [2.24, 2.45) is 5.92 Å². The fraction of sp³-hybridized carbons (Fsp3) is 0.826. The van der Waals surface area contributed by atoms with E-state index in [9.17, 15) is 5.26 Å². The van der Waals surface area contributed by atoms with Crippen molar-refractivity contribution >= 4 is 0 Å². The van der Waals surface area contributed by atoms with Crippen LogP contribution in [0, 0.1) is 23.8 Å². The summed E-state index contributed by atoms with van der Waals surface area (Å²) < 4.78 is 0. The van der Waals surface area contributed by atoms with Crippen LogP contribution in [0.15, 0.2) is 11.5 Å². The maximum atomic E-state index is 9.52. The van der Waals surface area contributed by atoms with Gasteiger partial charge in [-0.1, -0.05) is 6.92 Å². The van der Waals surface area contributed by atoms with E-state index < -0.39 is 0 Å². The standard InChI is InChI=1S/C23H38N6/c1-20-8-15-26(16-9-20)10-5-13-28-17-18-29(23(28)22(19-24)25-3)14-6-12-27-11-4-7-21(27)2/h20-21H,4-18H2,1-2H3. The van der Waals surface area contributed by atoms with E-state index in [-0.39, 0.29) is 5.70 Å². The highest BCUT2D eigenvalue weighted by Gasteiger charge is 2.28. The fourth-order valence-corrected chi connectivity index (χ4v) is 5.07. The van der Waals surface area contributed by atoms with Gasteiger partial charge in [-0.3, -0.25) is 0 Å². The van der Waals surface area contributed by atoms with Gasteiger partial charge in [0, 0.05) is 38.8 Å². The number of hydrogen-bond donors (Lipinski definition) is 0. The minimum absolute atomic E-state index is 0.267. The van der Waals surface area contributed by atoms with Crippen LogP contribution >= 0.6 is 0 Å². The number of likely N-dealkylation sites (tertiary alicyclic amines) is 2. The summed E-state index contributed by atoms with van der Waals surface area (Å²) in [6, 6.07) is 2.86. The highest BCUT2D eigenvalue weighted by molar-refractivity contribution is 5.33. The maximum Gasteiger partial charge on any atom is 0.300 e. The van der Waals surface area contributed by atoms with Crippen LogP contribution in [0.3, 0.4) is 0 Å². The van der Waals surface area contributed by atoms with Gasteiger partial charge in [-0.15, -0.1) is 0 Å². The van der Waals surface area contributed by atoms with E-state index >= 15 is 0 Å². The van der Waals surface area contributed by atoms with Crippen LogP contribution in [0.25, 0.3) is 4.85 Å². The summed E-state index contributed by atoms with van der Waals surface area (Å²) in [4.78, 5) is 13.3. The largest absolute Gasteiger partial charge is 0.365 e. The SMILES string of the molecule is [C-]#[N+]C(C#N)=C1N(CCCN2CCC(C)CC2)CCN1CCCN1CCCC1C. The smallest absolute Gasteiger partial charge is 0.300 e. The summed E-state index contributed by atoms with van der Waals surface area (Å²) >= 11 is 0. The molecule has 3 saturated heterocycles. The molecular weight excluding hydrogens is 360 g/mol. The zero-order valence-electron chi connectivity index (χ0n) is 18.4. The zero-order valence-corrected chi connectivity index (χ0v) is 18.4. The van der Waals surface area contributed by atoms with E-state index in [2.05, 4.69) is 44.4 Å². The molecule has 0 amide bonds. The van der Waals surface area contributed by atoms with Crippen molar-refractivity contribution in [3.05, 3.63) is 22.9 Å². The predicted octanol–water partition coefficient (Wildman–Crippen LogP) is 3.21. The lowest BCUT2D eigenvalue weighted by molar-refractivity contribution is 0.183. The molecular formula is C23H38N6. The second kappa shape index (κ2) is 10.9. The Bertz CT molecular complexity index is 621. The Morgan fingerprint density at radius 1 is 0.966 bits per heavy atom. The lowest BCUT2D eigenvalue weighted by Gasteiger charge is -2.31. The molecule has 0 aromatic heterocycles. The molecule has 6 nitrogen and oxygen atoms in total. The summed E-state index contributed by atoms with van der Waals surface area (Å²) in [5, 5.41) is 9.52. The number of rotatable bonds is 8. The Morgan fingerprint density at radius 2 is 1.62 bits per heavy atom. The Kier molecular flexibility index (Phi) is 8.21. The van der Waals surface area contributed by atoms with E-state index in [0.29, 0.717) is 6.04 Å². The molecule has 0 aliphatic carbocycles. The van der Waals surface area contributed by atoms with E-state index in [4.69, 9.17) is 6.57 Å². The van der Waals surface area contributed by atoms with Crippen molar-refractivity contribution in [1.82, 2.24) is 19.6 Å². The van der Waals surface area contributed by atoms with Gasteiger partial charge in [-0.2, -0.15) is 0 Å². The number of nitrogens with zero attached hydrogens (tertiary/aromatic N) is 6. The lowest BCUT2D eigenvalue weighted by atomic mass is 9.99.